The van der Waals surface area contributed by atoms with Gasteiger partial charge in [-0.15, -0.1) is 0 Å². The molecule has 1 fully saturated rings. The van der Waals surface area contributed by atoms with E-state index in [0.29, 0.717) is 18.6 Å². The zero-order valence-electron chi connectivity index (χ0n) is 10.0. The lowest BCUT2D eigenvalue weighted by Crippen LogP contribution is -2.36. The van der Waals surface area contributed by atoms with Crippen LogP contribution in [-0.2, 0) is 6.54 Å². The summed E-state index contributed by atoms with van der Waals surface area (Å²) in [4.78, 5) is 8.76. The number of nitrogens with zero attached hydrogens (tertiary/aromatic N) is 3. The van der Waals surface area contributed by atoms with Crippen molar-refractivity contribution >= 4 is 6.01 Å². The van der Waals surface area contributed by atoms with Gasteiger partial charge in [0.25, 0.3) is 6.01 Å². The molecule has 1 aromatic rings. The van der Waals surface area contributed by atoms with Gasteiger partial charge >= 0.3 is 0 Å². The molecular weight excluding hydrogens is 204 g/mol. The monoisotopic (exact) mass is 224 g/mol. The Bertz CT molecular complexity index is 338. The molecule has 0 aliphatic carbocycles. The Morgan fingerprint density at radius 3 is 3.06 bits per heavy atom. The molecule has 16 heavy (non-hydrogen) atoms. The number of hydrogen-bond donors (Lipinski definition) is 1. The van der Waals surface area contributed by atoms with Gasteiger partial charge in [-0.1, -0.05) is 0 Å². The first-order valence-electron chi connectivity index (χ1n) is 5.76. The summed E-state index contributed by atoms with van der Waals surface area (Å²) >= 11 is 0. The van der Waals surface area contributed by atoms with Crippen molar-refractivity contribution in [2.45, 2.75) is 25.4 Å². The van der Waals surface area contributed by atoms with E-state index in [2.05, 4.69) is 21.8 Å². The minimum Gasteiger partial charge on any atom is -0.432 e. The second-order valence-electron chi connectivity index (χ2n) is 4.48. The lowest BCUT2D eigenvalue weighted by atomic mass is 10.2. The number of nitrogens with two attached hydrogens (primary N) is 1. The number of anilines is 1. The number of likely N-dealkylation sites (N-methyl/N-ethyl adjacent to an activating group) is 2. The fraction of sp³-hybridized carbons (Fsp3) is 0.727. The van der Waals surface area contributed by atoms with E-state index in [1.165, 1.54) is 19.4 Å². The Labute approximate surface area is 96.2 Å². The lowest BCUT2D eigenvalue weighted by Gasteiger charge is -2.24. The smallest absolute Gasteiger partial charge is 0.297 e. The summed E-state index contributed by atoms with van der Waals surface area (Å²) in [6.45, 7) is 2.58. The minimum atomic E-state index is 0.431. The van der Waals surface area contributed by atoms with Crippen molar-refractivity contribution in [3.63, 3.8) is 0 Å². The summed E-state index contributed by atoms with van der Waals surface area (Å²) in [5, 5.41) is 0. The third-order valence-electron chi connectivity index (χ3n) is 3.23. The molecule has 1 aromatic heterocycles. The van der Waals surface area contributed by atoms with Crippen LogP contribution in [0, 0.1) is 0 Å². The average Bonchev–Trinajstić information content (AvgIpc) is 2.88. The van der Waals surface area contributed by atoms with Crippen LogP contribution in [0.3, 0.4) is 0 Å². The van der Waals surface area contributed by atoms with Crippen molar-refractivity contribution in [3.8, 4) is 0 Å². The molecule has 1 aliphatic heterocycles. The topological polar surface area (TPSA) is 58.5 Å². The Hall–Kier alpha value is -1.07. The van der Waals surface area contributed by atoms with Gasteiger partial charge in [0.1, 0.15) is 6.26 Å². The van der Waals surface area contributed by atoms with Crippen molar-refractivity contribution < 1.29 is 4.42 Å². The second kappa shape index (κ2) is 4.84. The summed E-state index contributed by atoms with van der Waals surface area (Å²) in [5.74, 6) is 0. The number of rotatable bonds is 4. The molecule has 2 N–H and O–H groups in total. The predicted octanol–water partition coefficient (Wildman–Crippen LogP) is 0.664. The normalized spacial score (nSPS) is 21.6. The van der Waals surface area contributed by atoms with Crippen molar-refractivity contribution in [3.05, 3.63) is 12.0 Å². The van der Waals surface area contributed by atoms with E-state index in [9.17, 15) is 0 Å². The van der Waals surface area contributed by atoms with Gasteiger partial charge in [0.2, 0.25) is 0 Å². The molecule has 1 saturated heterocycles. The van der Waals surface area contributed by atoms with Crippen LogP contribution in [0.2, 0.25) is 0 Å². The number of likely N-dealkylation sites (tertiary alicyclic amines) is 1. The van der Waals surface area contributed by atoms with Crippen LogP contribution in [0.5, 0.6) is 0 Å². The van der Waals surface area contributed by atoms with E-state index in [1.54, 1.807) is 6.26 Å². The van der Waals surface area contributed by atoms with E-state index >= 15 is 0 Å². The molecule has 0 amide bonds. The average molecular weight is 224 g/mol. The van der Waals surface area contributed by atoms with Crippen LogP contribution in [0.1, 0.15) is 18.5 Å². The van der Waals surface area contributed by atoms with E-state index in [0.717, 1.165) is 12.2 Å². The molecule has 0 aromatic carbocycles. The summed E-state index contributed by atoms with van der Waals surface area (Å²) in [7, 11) is 4.19. The molecule has 0 saturated carbocycles. The number of oxazole rings is 1. The molecule has 5 heteroatoms. The number of aromatic nitrogens is 1. The van der Waals surface area contributed by atoms with Gasteiger partial charge in [0.15, 0.2) is 0 Å². The highest BCUT2D eigenvalue weighted by Gasteiger charge is 2.23. The van der Waals surface area contributed by atoms with E-state index < -0.39 is 0 Å². The van der Waals surface area contributed by atoms with Crippen LogP contribution < -0.4 is 10.6 Å². The van der Waals surface area contributed by atoms with Crippen LogP contribution >= 0.6 is 0 Å². The fourth-order valence-corrected chi connectivity index (χ4v) is 2.17. The van der Waals surface area contributed by atoms with Gasteiger partial charge in [0.05, 0.1) is 5.69 Å². The van der Waals surface area contributed by atoms with E-state index in [1.807, 2.05) is 7.05 Å². The molecule has 0 bridgehead atoms. The zero-order chi connectivity index (χ0) is 11.5. The van der Waals surface area contributed by atoms with E-state index in [4.69, 9.17) is 10.2 Å². The highest BCUT2D eigenvalue weighted by atomic mass is 16.4. The molecule has 2 heterocycles. The van der Waals surface area contributed by atoms with Gasteiger partial charge in [0, 0.05) is 26.2 Å². The minimum absolute atomic E-state index is 0.431. The first-order chi connectivity index (χ1) is 7.70. The lowest BCUT2D eigenvalue weighted by molar-refractivity contribution is 0.311. The highest BCUT2D eigenvalue weighted by Crippen LogP contribution is 2.18. The standard InChI is InChI=1S/C11H20N4O/c1-14-5-3-4-10(14)7-15(2)11-13-9(6-12)8-16-11/h8,10H,3-7,12H2,1-2H3. The number of hydrogen-bond acceptors (Lipinski definition) is 5. The largest absolute Gasteiger partial charge is 0.432 e. The van der Waals surface area contributed by atoms with Crippen LogP contribution in [0.4, 0.5) is 6.01 Å². The van der Waals surface area contributed by atoms with Crippen molar-refractivity contribution in [1.29, 1.82) is 0 Å². The Kier molecular flexibility index (Phi) is 3.46. The molecule has 2 rings (SSSR count). The van der Waals surface area contributed by atoms with Crippen molar-refractivity contribution in [2.24, 2.45) is 5.73 Å². The van der Waals surface area contributed by atoms with Gasteiger partial charge in [-0.3, -0.25) is 0 Å². The zero-order valence-corrected chi connectivity index (χ0v) is 10.0. The summed E-state index contributed by atoms with van der Waals surface area (Å²) in [6, 6.07) is 1.28. The Morgan fingerprint density at radius 1 is 1.69 bits per heavy atom. The van der Waals surface area contributed by atoms with Crippen molar-refractivity contribution in [1.82, 2.24) is 9.88 Å². The maximum atomic E-state index is 5.50. The van der Waals surface area contributed by atoms with Crippen LogP contribution in [0.25, 0.3) is 0 Å². The molecule has 0 radical (unpaired) electrons. The molecule has 5 nitrogen and oxygen atoms in total. The molecule has 1 atom stereocenters. The van der Waals surface area contributed by atoms with Gasteiger partial charge < -0.3 is 20.0 Å². The third kappa shape index (κ3) is 2.36. The molecule has 1 aliphatic rings. The first kappa shape index (κ1) is 11.4. The maximum Gasteiger partial charge on any atom is 0.297 e. The third-order valence-corrected chi connectivity index (χ3v) is 3.23. The summed E-state index contributed by atoms with van der Waals surface area (Å²) < 4.78 is 5.38. The maximum absolute atomic E-state index is 5.50. The highest BCUT2D eigenvalue weighted by molar-refractivity contribution is 5.25. The SMILES string of the molecule is CN(CC1CCCN1C)c1nc(CN)co1. The summed E-state index contributed by atoms with van der Waals surface area (Å²) in [6.07, 6.45) is 4.17. The van der Waals surface area contributed by atoms with E-state index in [-0.39, 0.29) is 0 Å². The van der Waals surface area contributed by atoms with Gasteiger partial charge in [-0.25, -0.2) is 0 Å². The quantitative estimate of drug-likeness (QED) is 0.814. The predicted molar refractivity (Wildman–Crippen MR) is 63.3 cm³/mol. The Balaban J connectivity index is 1.94. The van der Waals surface area contributed by atoms with Gasteiger partial charge in [-0.2, -0.15) is 4.98 Å². The summed E-state index contributed by atoms with van der Waals surface area (Å²) in [5.41, 5.74) is 6.31. The first-order valence-corrected chi connectivity index (χ1v) is 5.76. The Morgan fingerprint density at radius 2 is 2.50 bits per heavy atom. The van der Waals surface area contributed by atoms with Crippen molar-refractivity contribution in [2.75, 3.05) is 32.1 Å². The van der Waals surface area contributed by atoms with Crippen LogP contribution in [0.15, 0.2) is 10.7 Å². The van der Waals surface area contributed by atoms with Gasteiger partial charge in [-0.05, 0) is 26.4 Å². The molecule has 90 valence electrons. The molecule has 1 unspecified atom stereocenters. The molecule has 0 spiro atoms. The van der Waals surface area contributed by atoms with Crippen LogP contribution in [-0.4, -0.2) is 43.1 Å². The molecular formula is C11H20N4O. The second-order valence-corrected chi connectivity index (χ2v) is 4.48. The fourth-order valence-electron chi connectivity index (χ4n) is 2.17.